The normalized spacial score (nSPS) is 18.8. The van der Waals surface area contributed by atoms with Gasteiger partial charge in [-0.05, 0) is 37.5 Å². The van der Waals surface area contributed by atoms with Crippen molar-refractivity contribution in [2.75, 3.05) is 6.54 Å². The highest BCUT2D eigenvalue weighted by molar-refractivity contribution is 5.94. The molecule has 0 bridgehead atoms. The summed E-state index contributed by atoms with van der Waals surface area (Å²) in [4.78, 5) is 62.0. The van der Waals surface area contributed by atoms with Crippen molar-refractivity contribution in [1.82, 2.24) is 15.5 Å². The van der Waals surface area contributed by atoms with Crippen molar-refractivity contribution < 1.29 is 34.2 Å². The minimum atomic E-state index is -1.62. The standard InChI is InChI=1S/C21H36N4O7/c1-11(2)8-13(22)20(30)25-7-5-6-16(25)19(29)23-14(9-12(3)4)18(28)24-15(21(31)32)10-17(26)27/h11-16H,5-10,22H2,1-4H3,(H,23,29)(H,24,28)(H,26,27)(H,31,32). The maximum absolute atomic E-state index is 13.0. The Morgan fingerprint density at radius 2 is 1.56 bits per heavy atom. The molecule has 0 aromatic carbocycles. The van der Waals surface area contributed by atoms with Gasteiger partial charge in [-0.15, -0.1) is 0 Å². The largest absolute Gasteiger partial charge is 0.481 e. The number of nitrogens with one attached hydrogen (secondary N) is 2. The first-order chi connectivity index (χ1) is 14.8. The number of carboxylic acids is 2. The molecular formula is C21H36N4O7. The quantitative estimate of drug-likeness (QED) is 0.270. The number of amides is 3. The van der Waals surface area contributed by atoms with Crippen LogP contribution in [0.5, 0.6) is 0 Å². The minimum absolute atomic E-state index is 0.0189. The van der Waals surface area contributed by atoms with Gasteiger partial charge in [0.2, 0.25) is 17.7 Å². The van der Waals surface area contributed by atoms with Gasteiger partial charge < -0.3 is 31.5 Å². The van der Waals surface area contributed by atoms with E-state index in [9.17, 15) is 29.1 Å². The lowest BCUT2D eigenvalue weighted by atomic mass is 10.0. The Hall–Kier alpha value is -2.69. The molecule has 182 valence electrons. The molecule has 11 nitrogen and oxygen atoms in total. The van der Waals surface area contributed by atoms with E-state index in [2.05, 4.69) is 10.6 Å². The fourth-order valence-corrected chi connectivity index (χ4v) is 3.74. The summed E-state index contributed by atoms with van der Waals surface area (Å²) in [6, 6.07) is -4.17. The first-order valence-corrected chi connectivity index (χ1v) is 10.9. The molecule has 1 heterocycles. The van der Waals surface area contributed by atoms with Crippen LogP contribution in [0.4, 0.5) is 0 Å². The molecule has 0 radical (unpaired) electrons. The Labute approximate surface area is 188 Å². The van der Waals surface area contributed by atoms with E-state index < -0.39 is 54.3 Å². The Balaban J connectivity index is 2.92. The summed E-state index contributed by atoms with van der Waals surface area (Å²) in [7, 11) is 0. The van der Waals surface area contributed by atoms with E-state index in [0.717, 1.165) is 0 Å². The molecule has 4 atom stereocenters. The molecule has 0 aromatic heterocycles. The van der Waals surface area contributed by atoms with Gasteiger partial charge in [0.1, 0.15) is 18.1 Å². The molecule has 1 saturated heterocycles. The lowest BCUT2D eigenvalue weighted by Gasteiger charge is -2.29. The molecule has 0 aromatic rings. The highest BCUT2D eigenvalue weighted by atomic mass is 16.4. The van der Waals surface area contributed by atoms with Gasteiger partial charge in [-0.1, -0.05) is 27.7 Å². The predicted octanol–water partition coefficient (Wildman–Crippen LogP) is -0.0742. The number of hydrogen-bond donors (Lipinski definition) is 5. The summed E-state index contributed by atoms with van der Waals surface area (Å²) in [5.74, 6) is -4.27. The molecule has 11 heteroatoms. The van der Waals surface area contributed by atoms with Crippen LogP contribution >= 0.6 is 0 Å². The lowest BCUT2D eigenvalue weighted by Crippen LogP contribution is -2.57. The summed E-state index contributed by atoms with van der Waals surface area (Å²) in [5, 5.41) is 22.9. The van der Waals surface area contributed by atoms with Crippen molar-refractivity contribution in [2.45, 2.75) is 84.0 Å². The van der Waals surface area contributed by atoms with Gasteiger partial charge in [0.05, 0.1) is 12.5 Å². The Morgan fingerprint density at radius 1 is 0.969 bits per heavy atom. The topological polar surface area (TPSA) is 179 Å². The molecule has 0 saturated carbocycles. The molecule has 1 aliphatic heterocycles. The summed E-state index contributed by atoms with van der Waals surface area (Å²) in [5.41, 5.74) is 6.01. The van der Waals surface area contributed by atoms with E-state index in [1.165, 1.54) is 4.90 Å². The van der Waals surface area contributed by atoms with Crippen molar-refractivity contribution >= 4 is 29.7 Å². The van der Waals surface area contributed by atoms with Crippen molar-refractivity contribution in [3.8, 4) is 0 Å². The Bertz CT molecular complexity index is 710. The van der Waals surface area contributed by atoms with Crippen LogP contribution in [0.3, 0.4) is 0 Å². The summed E-state index contributed by atoms with van der Waals surface area (Å²) >= 11 is 0. The smallest absolute Gasteiger partial charge is 0.326 e. The third-order valence-electron chi connectivity index (χ3n) is 5.21. The van der Waals surface area contributed by atoms with E-state index in [4.69, 9.17) is 10.8 Å². The van der Waals surface area contributed by atoms with Crippen LogP contribution < -0.4 is 16.4 Å². The van der Waals surface area contributed by atoms with Crippen LogP contribution in [0.2, 0.25) is 0 Å². The number of hydrogen-bond acceptors (Lipinski definition) is 6. The van der Waals surface area contributed by atoms with Gasteiger partial charge in [0.25, 0.3) is 0 Å². The van der Waals surface area contributed by atoms with Gasteiger partial charge in [0.15, 0.2) is 0 Å². The van der Waals surface area contributed by atoms with Crippen molar-refractivity contribution in [3.63, 3.8) is 0 Å². The Morgan fingerprint density at radius 3 is 2.06 bits per heavy atom. The third-order valence-corrected chi connectivity index (χ3v) is 5.21. The molecule has 32 heavy (non-hydrogen) atoms. The SMILES string of the molecule is CC(C)CC(N)C(=O)N1CCCC1C(=O)NC(CC(C)C)C(=O)NC(CC(=O)O)C(=O)O. The molecule has 0 aliphatic carbocycles. The second-order valence-corrected chi connectivity index (χ2v) is 9.11. The van der Waals surface area contributed by atoms with Crippen LogP contribution in [0.1, 0.15) is 59.8 Å². The molecule has 4 unspecified atom stereocenters. The number of nitrogens with two attached hydrogens (primary N) is 1. The molecule has 1 aliphatic rings. The summed E-state index contributed by atoms with van der Waals surface area (Å²) in [6.07, 6.45) is 0.965. The Kier molecular flexibility index (Phi) is 10.6. The molecule has 6 N–H and O–H groups in total. The maximum atomic E-state index is 13.0. The van der Waals surface area contributed by atoms with Crippen LogP contribution in [0.25, 0.3) is 0 Å². The first-order valence-electron chi connectivity index (χ1n) is 10.9. The van der Waals surface area contributed by atoms with Crippen molar-refractivity contribution in [3.05, 3.63) is 0 Å². The predicted molar refractivity (Wildman–Crippen MR) is 115 cm³/mol. The zero-order valence-corrected chi connectivity index (χ0v) is 19.2. The summed E-state index contributed by atoms with van der Waals surface area (Å²) in [6.45, 7) is 7.95. The fourth-order valence-electron chi connectivity index (χ4n) is 3.74. The number of nitrogens with zero attached hydrogens (tertiary/aromatic N) is 1. The second kappa shape index (κ2) is 12.4. The van der Waals surface area contributed by atoms with Gasteiger partial charge in [-0.25, -0.2) is 4.79 Å². The highest BCUT2D eigenvalue weighted by Crippen LogP contribution is 2.20. The van der Waals surface area contributed by atoms with E-state index in [-0.39, 0.29) is 24.2 Å². The van der Waals surface area contributed by atoms with Crippen molar-refractivity contribution in [2.24, 2.45) is 17.6 Å². The average Bonchev–Trinajstić information content (AvgIpc) is 3.14. The molecule has 3 amide bonds. The summed E-state index contributed by atoms with van der Waals surface area (Å²) < 4.78 is 0. The highest BCUT2D eigenvalue weighted by Gasteiger charge is 2.38. The second-order valence-electron chi connectivity index (χ2n) is 9.11. The number of carbonyl (C=O) groups is 5. The zero-order valence-electron chi connectivity index (χ0n) is 19.2. The zero-order chi connectivity index (χ0) is 24.6. The lowest BCUT2D eigenvalue weighted by molar-refractivity contribution is -0.147. The number of likely N-dealkylation sites (tertiary alicyclic amines) is 1. The number of aliphatic carboxylic acids is 2. The fraction of sp³-hybridized carbons (Fsp3) is 0.762. The molecular weight excluding hydrogens is 420 g/mol. The number of rotatable bonds is 12. The van der Waals surface area contributed by atoms with Gasteiger partial charge in [-0.3, -0.25) is 19.2 Å². The maximum Gasteiger partial charge on any atom is 0.326 e. The van der Waals surface area contributed by atoms with Crippen LogP contribution in [0.15, 0.2) is 0 Å². The van der Waals surface area contributed by atoms with Gasteiger partial charge >= 0.3 is 11.9 Å². The van der Waals surface area contributed by atoms with E-state index >= 15 is 0 Å². The monoisotopic (exact) mass is 456 g/mol. The van der Waals surface area contributed by atoms with E-state index in [1.54, 1.807) is 0 Å². The van der Waals surface area contributed by atoms with E-state index in [1.807, 2.05) is 27.7 Å². The van der Waals surface area contributed by atoms with Crippen LogP contribution in [0, 0.1) is 11.8 Å². The van der Waals surface area contributed by atoms with E-state index in [0.29, 0.717) is 25.8 Å². The number of carboxylic acid groups (broad SMARTS) is 2. The van der Waals surface area contributed by atoms with Crippen LogP contribution in [-0.4, -0.2) is 75.5 Å². The van der Waals surface area contributed by atoms with Gasteiger partial charge in [0, 0.05) is 6.54 Å². The minimum Gasteiger partial charge on any atom is -0.481 e. The van der Waals surface area contributed by atoms with Crippen molar-refractivity contribution in [1.29, 1.82) is 0 Å². The van der Waals surface area contributed by atoms with Crippen LogP contribution in [-0.2, 0) is 24.0 Å². The molecule has 1 fully saturated rings. The van der Waals surface area contributed by atoms with Gasteiger partial charge in [-0.2, -0.15) is 0 Å². The number of carbonyl (C=O) groups excluding carboxylic acids is 3. The third kappa shape index (κ3) is 8.45. The molecule has 1 rings (SSSR count). The molecule has 0 spiro atoms. The average molecular weight is 457 g/mol. The first kappa shape index (κ1) is 27.3.